The van der Waals surface area contributed by atoms with E-state index in [1.54, 1.807) is 0 Å². The van der Waals surface area contributed by atoms with Crippen LogP contribution in [0, 0.1) is 5.41 Å². The van der Waals surface area contributed by atoms with Crippen molar-refractivity contribution >= 4 is 5.78 Å². The van der Waals surface area contributed by atoms with Crippen LogP contribution in [-0.4, -0.2) is 31.6 Å². The van der Waals surface area contributed by atoms with Gasteiger partial charge in [0, 0.05) is 25.0 Å². The van der Waals surface area contributed by atoms with Crippen molar-refractivity contribution in [2.24, 2.45) is 5.41 Å². The van der Waals surface area contributed by atoms with E-state index < -0.39 is 0 Å². The van der Waals surface area contributed by atoms with Crippen molar-refractivity contribution in [3.8, 4) is 0 Å². The van der Waals surface area contributed by atoms with Gasteiger partial charge in [0.25, 0.3) is 0 Å². The summed E-state index contributed by atoms with van der Waals surface area (Å²) < 4.78 is 5.59. The summed E-state index contributed by atoms with van der Waals surface area (Å²) >= 11 is 0. The quantitative estimate of drug-likeness (QED) is 0.773. The van der Waals surface area contributed by atoms with Crippen molar-refractivity contribution in [1.82, 2.24) is 5.32 Å². The Bertz CT molecular complexity index is 253. The fourth-order valence-electron chi connectivity index (χ4n) is 3.24. The van der Waals surface area contributed by atoms with Gasteiger partial charge in [-0.3, -0.25) is 4.79 Å². The molecule has 0 bridgehead atoms. The number of Topliss-reactive ketones (excluding diaryl/α,β-unsaturated/α-hetero) is 1. The molecule has 0 spiro atoms. The maximum absolute atomic E-state index is 12.4. The predicted molar refractivity (Wildman–Crippen MR) is 68.0 cm³/mol. The summed E-state index contributed by atoms with van der Waals surface area (Å²) in [5.74, 6) is 0.472. The zero-order valence-corrected chi connectivity index (χ0v) is 11.0. The first-order chi connectivity index (χ1) is 8.27. The van der Waals surface area contributed by atoms with E-state index >= 15 is 0 Å². The highest BCUT2D eigenvalue weighted by Crippen LogP contribution is 2.34. The van der Waals surface area contributed by atoms with Gasteiger partial charge in [-0.2, -0.15) is 0 Å². The Morgan fingerprint density at radius 3 is 3.00 bits per heavy atom. The summed E-state index contributed by atoms with van der Waals surface area (Å²) in [6, 6.07) is 0. The third-order valence-electron chi connectivity index (χ3n) is 4.28. The SMILES string of the molecule is CCCC1(C(=O)CCC2CCCO2)CCNC1. The third-order valence-corrected chi connectivity index (χ3v) is 4.28. The lowest BCUT2D eigenvalue weighted by molar-refractivity contribution is -0.128. The molecule has 0 aromatic rings. The molecular formula is C14H25NO2. The van der Waals surface area contributed by atoms with E-state index in [-0.39, 0.29) is 5.41 Å². The number of carbonyl (C=O) groups is 1. The van der Waals surface area contributed by atoms with Crippen molar-refractivity contribution in [2.75, 3.05) is 19.7 Å². The van der Waals surface area contributed by atoms with Crippen LogP contribution in [-0.2, 0) is 9.53 Å². The van der Waals surface area contributed by atoms with Crippen LogP contribution < -0.4 is 5.32 Å². The fraction of sp³-hybridized carbons (Fsp3) is 0.929. The Morgan fingerprint density at radius 1 is 1.53 bits per heavy atom. The minimum absolute atomic E-state index is 0.0483. The van der Waals surface area contributed by atoms with Gasteiger partial charge in [0.15, 0.2) is 0 Å². The van der Waals surface area contributed by atoms with Crippen molar-refractivity contribution in [3.05, 3.63) is 0 Å². The molecule has 2 rings (SSSR count). The number of ether oxygens (including phenoxy) is 1. The van der Waals surface area contributed by atoms with Gasteiger partial charge in [0.05, 0.1) is 6.10 Å². The molecule has 17 heavy (non-hydrogen) atoms. The molecule has 0 radical (unpaired) electrons. The molecule has 2 atom stereocenters. The fourth-order valence-corrected chi connectivity index (χ4v) is 3.24. The first-order valence-electron chi connectivity index (χ1n) is 7.12. The van der Waals surface area contributed by atoms with Crippen molar-refractivity contribution < 1.29 is 9.53 Å². The molecule has 2 heterocycles. The summed E-state index contributed by atoms with van der Waals surface area (Å²) in [7, 11) is 0. The lowest BCUT2D eigenvalue weighted by Crippen LogP contribution is -2.33. The van der Waals surface area contributed by atoms with E-state index in [0.717, 1.165) is 51.8 Å². The number of ketones is 1. The molecule has 0 amide bonds. The molecule has 0 aromatic carbocycles. The Balaban J connectivity index is 1.83. The zero-order valence-electron chi connectivity index (χ0n) is 11.0. The Morgan fingerprint density at radius 2 is 2.41 bits per heavy atom. The standard InChI is InChI=1S/C14H25NO2/c1-2-7-14(8-9-15-11-14)13(16)6-5-12-4-3-10-17-12/h12,15H,2-11H2,1H3. The van der Waals surface area contributed by atoms with Crippen molar-refractivity contribution in [1.29, 1.82) is 0 Å². The molecule has 0 aliphatic carbocycles. The summed E-state index contributed by atoms with van der Waals surface area (Å²) in [6.45, 7) is 4.96. The Hall–Kier alpha value is -0.410. The minimum Gasteiger partial charge on any atom is -0.378 e. The molecule has 98 valence electrons. The predicted octanol–water partition coefficient (Wildman–Crippen LogP) is 2.29. The van der Waals surface area contributed by atoms with Gasteiger partial charge < -0.3 is 10.1 Å². The van der Waals surface area contributed by atoms with Gasteiger partial charge in [-0.1, -0.05) is 13.3 Å². The number of nitrogens with one attached hydrogen (secondary N) is 1. The molecular weight excluding hydrogens is 214 g/mol. The van der Waals surface area contributed by atoms with Crippen LogP contribution in [0.5, 0.6) is 0 Å². The van der Waals surface area contributed by atoms with Crippen LogP contribution in [0.1, 0.15) is 51.9 Å². The first-order valence-corrected chi connectivity index (χ1v) is 7.12. The van der Waals surface area contributed by atoms with Crippen LogP contribution >= 0.6 is 0 Å². The average molecular weight is 239 g/mol. The maximum Gasteiger partial charge on any atom is 0.140 e. The largest absolute Gasteiger partial charge is 0.378 e. The van der Waals surface area contributed by atoms with Crippen LogP contribution in [0.25, 0.3) is 0 Å². The Labute approximate surface area is 104 Å². The highest BCUT2D eigenvalue weighted by Gasteiger charge is 2.39. The molecule has 2 aliphatic heterocycles. The van der Waals surface area contributed by atoms with E-state index in [4.69, 9.17) is 4.74 Å². The second-order valence-corrected chi connectivity index (χ2v) is 5.55. The molecule has 2 aliphatic rings. The van der Waals surface area contributed by atoms with Crippen LogP contribution in [0.2, 0.25) is 0 Å². The van der Waals surface area contributed by atoms with E-state index in [2.05, 4.69) is 12.2 Å². The number of rotatable bonds is 6. The van der Waals surface area contributed by atoms with Gasteiger partial charge >= 0.3 is 0 Å². The second-order valence-electron chi connectivity index (χ2n) is 5.55. The van der Waals surface area contributed by atoms with Crippen LogP contribution in [0.15, 0.2) is 0 Å². The van der Waals surface area contributed by atoms with Gasteiger partial charge in [-0.15, -0.1) is 0 Å². The molecule has 2 unspecified atom stereocenters. The highest BCUT2D eigenvalue weighted by atomic mass is 16.5. The van der Waals surface area contributed by atoms with Crippen LogP contribution in [0.4, 0.5) is 0 Å². The molecule has 3 nitrogen and oxygen atoms in total. The molecule has 0 saturated carbocycles. The lowest BCUT2D eigenvalue weighted by Gasteiger charge is -2.26. The molecule has 1 N–H and O–H groups in total. The number of carbonyl (C=O) groups excluding carboxylic acids is 1. The normalized spacial score (nSPS) is 33.1. The van der Waals surface area contributed by atoms with Crippen LogP contribution in [0.3, 0.4) is 0 Å². The average Bonchev–Trinajstić information content (AvgIpc) is 2.97. The minimum atomic E-state index is -0.0483. The highest BCUT2D eigenvalue weighted by molar-refractivity contribution is 5.85. The number of hydrogen-bond acceptors (Lipinski definition) is 3. The van der Waals surface area contributed by atoms with E-state index in [1.807, 2.05) is 0 Å². The van der Waals surface area contributed by atoms with Crippen molar-refractivity contribution in [3.63, 3.8) is 0 Å². The third kappa shape index (κ3) is 3.08. The topological polar surface area (TPSA) is 38.3 Å². The monoisotopic (exact) mass is 239 g/mol. The molecule has 2 saturated heterocycles. The number of hydrogen-bond donors (Lipinski definition) is 1. The smallest absolute Gasteiger partial charge is 0.140 e. The first kappa shape index (κ1) is 13.0. The second kappa shape index (κ2) is 5.96. The summed E-state index contributed by atoms with van der Waals surface area (Å²) in [4.78, 5) is 12.4. The van der Waals surface area contributed by atoms with Gasteiger partial charge in [-0.05, 0) is 38.6 Å². The van der Waals surface area contributed by atoms with E-state index in [9.17, 15) is 4.79 Å². The summed E-state index contributed by atoms with van der Waals surface area (Å²) in [5.41, 5.74) is -0.0483. The van der Waals surface area contributed by atoms with Crippen molar-refractivity contribution in [2.45, 2.75) is 58.0 Å². The lowest BCUT2D eigenvalue weighted by atomic mass is 9.76. The van der Waals surface area contributed by atoms with Gasteiger partial charge in [0.1, 0.15) is 5.78 Å². The Kier molecular flexibility index (Phi) is 4.57. The zero-order chi connectivity index (χ0) is 12.1. The molecule has 3 heteroatoms. The van der Waals surface area contributed by atoms with Gasteiger partial charge in [0.2, 0.25) is 0 Å². The maximum atomic E-state index is 12.4. The summed E-state index contributed by atoms with van der Waals surface area (Å²) in [6.07, 6.45) is 7.50. The van der Waals surface area contributed by atoms with Gasteiger partial charge in [-0.25, -0.2) is 0 Å². The summed E-state index contributed by atoms with van der Waals surface area (Å²) in [5, 5.41) is 3.35. The molecule has 2 fully saturated rings. The van der Waals surface area contributed by atoms with E-state index in [1.165, 1.54) is 6.42 Å². The molecule has 0 aromatic heterocycles. The van der Waals surface area contributed by atoms with E-state index in [0.29, 0.717) is 18.3 Å².